The van der Waals surface area contributed by atoms with Crippen molar-refractivity contribution >= 4 is 31.1 Å². The standard InChI is InChI=1S/C13H9.C2H6Si.Li/c1-3-7-12-10(5-1)9-11-6-2-4-8-13(11)12;1-3-2;/h1-9H;1-2H3;/q-1;;+1. The summed E-state index contributed by atoms with van der Waals surface area (Å²) in [5.41, 5.74) is 0. The van der Waals surface area contributed by atoms with Crippen molar-refractivity contribution in [2.24, 2.45) is 0 Å². The molecule has 0 aliphatic heterocycles. The molecule has 0 aliphatic carbocycles. The van der Waals surface area contributed by atoms with E-state index in [4.69, 9.17) is 0 Å². The van der Waals surface area contributed by atoms with E-state index in [0.717, 1.165) is 9.52 Å². The summed E-state index contributed by atoms with van der Waals surface area (Å²) in [6.45, 7) is 4.31. The number of rotatable bonds is 0. The molecule has 0 amide bonds. The maximum Gasteiger partial charge on any atom is 1.00 e. The molecule has 3 aromatic rings. The van der Waals surface area contributed by atoms with Crippen molar-refractivity contribution in [1.29, 1.82) is 0 Å². The molecular formula is C15H15LiSi. The van der Waals surface area contributed by atoms with Crippen LogP contribution < -0.4 is 18.9 Å². The normalized spacial score (nSPS) is 9.53. The molecule has 3 rings (SSSR count). The summed E-state index contributed by atoms with van der Waals surface area (Å²) in [6, 6.07) is 19.3. The predicted octanol–water partition coefficient (Wildman–Crippen LogP) is 1.50. The van der Waals surface area contributed by atoms with Gasteiger partial charge in [0.05, 0.1) is 0 Å². The van der Waals surface area contributed by atoms with Gasteiger partial charge in [-0.25, -0.2) is 0 Å². The van der Waals surface area contributed by atoms with E-state index in [-0.39, 0.29) is 18.9 Å². The molecular weight excluding hydrogens is 215 g/mol. The van der Waals surface area contributed by atoms with E-state index in [1.54, 1.807) is 0 Å². The molecule has 0 spiro atoms. The Morgan fingerprint density at radius 1 is 0.765 bits per heavy atom. The van der Waals surface area contributed by atoms with Crippen LogP contribution in [0.25, 0.3) is 21.5 Å². The Morgan fingerprint density at radius 2 is 1.12 bits per heavy atom. The van der Waals surface area contributed by atoms with Gasteiger partial charge >= 0.3 is 18.9 Å². The van der Waals surface area contributed by atoms with Crippen molar-refractivity contribution in [3.8, 4) is 0 Å². The summed E-state index contributed by atoms with van der Waals surface area (Å²) in [7, 11) is 1.08. The molecule has 0 saturated carbocycles. The molecule has 2 radical (unpaired) electrons. The fourth-order valence-corrected chi connectivity index (χ4v) is 1.90. The molecule has 0 N–H and O–H groups in total. The van der Waals surface area contributed by atoms with E-state index in [0.29, 0.717) is 0 Å². The Morgan fingerprint density at radius 3 is 1.53 bits per heavy atom. The molecule has 3 aromatic carbocycles. The van der Waals surface area contributed by atoms with E-state index in [1.807, 2.05) is 0 Å². The predicted molar refractivity (Wildman–Crippen MR) is 74.5 cm³/mol. The SMILES string of the molecule is C[Si]C.[Li+].c1ccc2c(c1)[cH-]c1ccccc12. The fourth-order valence-electron chi connectivity index (χ4n) is 1.90. The third kappa shape index (κ3) is 3.07. The van der Waals surface area contributed by atoms with E-state index in [1.165, 1.54) is 21.5 Å². The first-order valence-electron chi connectivity index (χ1n) is 5.48. The zero-order valence-electron chi connectivity index (χ0n) is 10.7. The topological polar surface area (TPSA) is 0 Å². The Kier molecular flexibility index (Phi) is 5.64. The number of benzene rings is 2. The monoisotopic (exact) mass is 230 g/mol. The number of hydrogen-bond acceptors (Lipinski definition) is 0. The summed E-state index contributed by atoms with van der Waals surface area (Å²) >= 11 is 0. The van der Waals surface area contributed by atoms with Crippen molar-refractivity contribution in [1.82, 2.24) is 0 Å². The van der Waals surface area contributed by atoms with E-state index < -0.39 is 0 Å². The molecule has 2 heteroatoms. The minimum Gasteiger partial charge on any atom is -0.126 e. The Labute approximate surface area is 117 Å². The molecule has 0 fully saturated rings. The molecule has 80 valence electrons. The maximum absolute atomic E-state index is 2.24. The Hall–Kier alpha value is -0.876. The summed E-state index contributed by atoms with van der Waals surface area (Å²) in [5.74, 6) is 0. The first-order valence-corrected chi connectivity index (χ1v) is 7.48. The van der Waals surface area contributed by atoms with Gasteiger partial charge in [-0.05, 0) is 0 Å². The van der Waals surface area contributed by atoms with Crippen LogP contribution in [0.3, 0.4) is 0 Å². The van der Waals surface area contributed by atoms with Crippen LogP contribution in [0, 0.1) is 0 Å². The minimum atomic E-state index is 0. The second kappa shape index (κ2) is 6.76. The van der Waals surface area contributed by atoms with Gasteiger partial charge in [0, 0.05) is 9.52 Å². The zero-order chi connectivity index (χ0) is 11.4. The van der Waals surface area contributed by atoms with Crippen LogP contribution >= 0.6 is 0 Å². The zero-order valence-corrected chi connectivity index (χ0v) is 11.7. The second-order valence-corrected chi connectivity index (χ2v) is 4.82. The van der Waals surface area contributed by atoms with Crippen molar-refractivity contribution in [3.05, 3.63) is 54.6 Å². The first-order chi connectivity index (χ1) is 7.86. The fraction of sp³-hybridized carbons (Fsp3) is 0.133. The van der Waals surface area contributed by atoms with E-state index in [2.05, 4.69) is 67.7 Å². The summed E-state index contributed by atoms with van der Waals surface area (Å²) in [6.07, 6.45) is 0. The molecule has 0 nitrogen and oxygen atoms in total. The average molecular weight is 230 g/mol. The summed E-state index contributed by atoms with van der Waals surface area (Å²) in [4.78, 5) is 0. The molecule has 0 unspecified atom stereocenters. The van der Waals surface area contributed by atoms with Crippen molar-refractivity contribution in [2.75, 3.05) is 0 Å². The van der Waals surface area contributed by atoms with Gasteiger partial charge in [-0.1, -0.05) is 49.5 Å². The van der Waals surface area contributed by atoms with Crippen LogP contribution in [0.2, 0.25) is 13.1 Å². The second-order valence-electron chi connectivity index (χ2n) is 3.82. The van der Waals surface area contributed by atoms with Crippen molar-refractivity contribution in [3.63, 3.8) is 0 Å². The number of hydrogen-bond donors (Lipinski definition) is 0. The Balaban J connectivity index is 0.000000331. The van der Waals surface area contributed by atoms with Gasteiger partial charge in [0.15, 0.2) is 0 Å². The number of fused-ring (bicyclic) bond motifs is 3. The average Bonchev–Trinajstić information content (AvgIpc) is 2.68. The molecule has 0 saturated heterocycles. The maximum atomic E-state index is 2.24. The van der Waals surface area contributed by atoms with Gasteiger partial charge in [0.25, 0.3) is 0 Å². The molecule has 0 aromatic heterocycles. The molecule has 0 atom stereocenters. The van der Waals surface area contributed by atoms with Crippen LogP contribution in [-0.4, -0.2) is 9.52 Å². The van der Waals surface area contributed by atoms with Gasteiger partial charge in [-0.3, -0.25) is 0 Å². The van der Waals surface area contributed by atoms with Crippen LogP contribution in [0.5, 0.6) is 0 Å². The van der Waals surface area contributed by atoms with Crippen LogP contribution in [-0.2, 0) is 0 Å². The van der Waals surface area contributed by atoms with Crippen molar-refractivity contribution < 1.29 is 18.9 Å². The summed E-state index contributed by atoms with van der Waals surface area (Å²) in [5, 5.41) is 5.39. The molecule has 17 heavy (non-hydrogen) atoms. The van der Waals surface area contributed by atoms with Gasteiger partial charge in [0.1, 0.15) is 0 Å². The van der Waals surface area contributed by atoms with Crippen LogP contribution in [0.4, 0.5) is 0 Å². The van der Waals surface area contributed by atoms with E-state index in [9.17, 15) is 0 Å². The van der Waals surface area contributed by atoms with E-state index >= 15 is 0 Å². The van der Waals surface area contributed by atoms with Crippen LogP contribution in [0.15, 0.2) is 54.6 Å². The summed E-state index contributed by atoms with van der Waals surface area (Å²) < 4.78 is 0. The van der Waals surface area contributed by atoms with Crippen molar-refractivity contribution in [2.45, 2.75) is 13.1 Å². The minimum absolute atomic E-state index is 0. The third-order valence-corrected chi connectivity index (χ3v) is 2.52. The molecule has 0 heterocycles. The van der Waals surface area contributed by atoms with Gasteiger partial charge in [-0.2, -0.15) is 0 Å². The molecule has 0 aliphatic rings. The third-order valence-electron chi connectivity index (χ3n) is 2.52. The van der Waals surface area contributed by atoms with Crippen LogP contribution in [0.1, 0.15) is 0 Å². The first kappa shape index (κ1) is 14.2. The smallest absolute Gasteiger partial charge is 0.126 e. The Bertz CT molecular complexity index is 533. The van der Waals surface area contributed by atoms with Gasteiger partial charge in [-0.15, -0.1) is 39.7 Å². The largest absolute Gasteiger partial charge is 1.00 e. The molecule has 0 bridgehead atoms. The van der Waals surface area contributed by atoms with Gasteiger partial charge < -0.3 is 0 Å². The van der Waals surface area contributed by atoms with Gasteiger partial charge in [0.2, 0.25) is 0 Å². The quantitative estimate of drug-likeness (QED) is 0.405.